The molecule has 0 bridgehead atoms. The number of hydrogen-bond acceptors (Lipinski definition) is 3. The third kappa shape index (κ3) is 4.37. The van der Waals surface area contributed by atoms with Gasteiger partial charge in [-0.2, -0.15) is 0 Å². The van der Waals surface area contributed by atoms with Crippen molar-refractivity contribution in [3.05, 3.63) is 52.0 Å². The van der Waals surface area contributed by atoms with Gasteiger partial charge in [0.2, 0.25) is 0 Å². The van der Waals surface area contributed by atoms with Gasteiger partial charge in [0.25, 0.3) is 0 Å². The van der Waals surface area contributed by atoms with Crippen molar-refractivity contribution in [2.45, 2.75) is 13.0 Å². The maximum atomic E-state index is 10.7. The van der Waals surface area contributed by atoms with Crippen LogP contribution in [0.15, 0.2) is 46.9 Å². The minimum Gasteiger partial charge on any atom is -0.479 e. The Hall–Kier alpha value is -1.72. The molecule has 0 saturated carbocycles. The molecule has 2 aromatic rings. The summed E-state index contributed by atoms with van der Waals surface area (Å²) in [6.45, 7) is 1.49. The Kier molecular flexibility index (Phi) is 5.09. The van der Waals surface area contributed by atoms with E-state index in [9.17, 15) is 4.79 Å². The molecule has 110 valence electrons. The van der Waals surface area contributed by atoms with Crippen LogP contribution in [0.1, 0.15) is 6.92 Å². The second-order valence-corrected chi connectivity index (χ2v) is 5.66. The van der Waals surface area contributed by atoms with Crippen molar-refractivity contribution in [3.8, 4) is 5.75 Å². The first-order chi connectivity index (χ1) is 9.95. The van der Waals surface area contributed by atoms with E-state index in [0.29, 0.717) is 10.8 Å². The third-order valence-corrected chi connectivity index (χ3v) is 3.62. The number of aliphatic carboxylic acids is 1. The van der Waals surface area contributed by atoms with Gasteiger partial charge in [-0.25, -0.2) is 4.79 Å². The van der Waals surface area contributed by atoms with Crippen LogP contribution in [0.2, 0.25) is 5.02 Å². The number of hydrogen-bond donors (Lipinski definition) is 2. The molecule has 0 aromatic heterocycles. The summed E-state index contributed by atoms with van der Waals surface area (Å²) in [6, 6.07) is 12.5. The fourth-order valence-corrected chi connectivity index (χ4v) is 2.40. The van der Waals surface area contributed by atoms with E-state index in [1.165, 1.54) is 6.92 Å². The smallest absolute Gasteiger partial charge is 0.344 e. The van der Waals surface area contributed by atoms with E-state index in [1.807, 2.05) is 18.2 Å². The van der Waals surface area contributed by atoms with Crippen molar-refractivity contribution in [2.75, 3.05) is 5.32 Å². The van der Waals surface area contributed by atoms with E-state index in [-0.39, 0.29) is 0 Å². The molecule has 2 rings (SSSR count). The van der Waals surface area contributed by atoms with Gasteiger partial charge in [0.05, 0.1) is 5.69 Å². The Morgan fingerprint density at radius 1 is 1.29 bits per heavy atom. The maximum absolute atomic E-state index is 10.7. The summed E-state index contributed by atoms with van der Waals surface area (Å²) in [5.41, 5.74) is 1.74. The van der Waals surface area contributed by atoms with Gasteiger partial charge in [0.15, 0.2) is 6.10 Å². The summed E-state index contributed by atoms with van der Waals surface area (Å²) in [5.74, 6) is -0.493. The number of ether oxygens (including phenoxy) is 1. The number of halogens is 2. The third-order valence-electron chi connectivity index (χ3n) is 2.73. The zero-order valence-corrected chi connectivity index (χ0v) is 13.5. The highest BCUT2D eigenvalue weighted by Crippen LogP contribution is 2.29. The minimum absolute atomic E-state index is 0.505. The number of nitrogens with one attached hydrogen (secondary N) is 1. The molecule has 1 unspecified atom stereocenters. The predicted molar refractivity (Wildman–Crippen MR) is 86.6 cm³/mol. The zero-order valence-electron chi connectivity index (χ0n) is 11.1. The van der Waals surface area contributed by atoms with Gasteiger partial charge in [-0.3, -0.25) is 0 Å². The Morgan fingerprint density at radius 3 is 2.52 bits per heavy atom. The number of benzene rings is 2. The van der Waals surface area contributed by atoms with Gasteiger partial charge in [0.1, 0.15) is 5.75 Å². The highest BCUT2D eigenvalue weighted by Gasteiger charge is 2.12. The first kappa shape index (κ1) is 15.7. The quantitative estimate of drug-likeness (QED) is 0.801. The van der Waals surface area contributed by atoms with Crippen LogP contribution in [-0.4, -0.2) is 17.2 Å². The van der Waals surface area contributed by atoms with Gasteiger partial charge in [-0.1, -0.05) is 11.6 Å². The number of carbonyl (C=O) groups is 1. The second kappa shape index (κ2) is 6.83. The number of carboxylic acids is 1. The Labute approximate surface area is 135 Å². The molecular formula is C15H13BrClNO3. The SMILES string of the molecule is CC(Oc1ccc(Nc2ccc(Cl)cc2Br)cc1)C(=O)O. The molecule has 0 aliphatic heterocycles. The zero-order chi connectivity index (χ0) is 15.4. The van der Waals surface area contributed by atoms with Gasteiger partial charge < -0.3 is 15.2 Å². The highest BCUT2D eigenvalue weighted by atomic mass is 79.9. The topological polar surface area (TPSA) is 58.6 Å². The number of carboxylic acid groups (broad SMARTS) is 1. The first-order valence-corrected chi connectivity index (χ1v) is 7.34. The average Bonchev–Trinajstić information content (AvgIpc) is 2.43. The molecule has 0 aliphatic rings. The molecular weight excluding hydrogens is 358 g/mol. The van der Waals surface area contributed by atoms with Crippen molar-refractivity contribution in [1.29, 1.82) is 0 Å². The van der Waals surface area contributed by atoms with E-state index in [0.717, 1.165) is 15.8 Å². The largest absolute Gasteiger partial charge is 0.479 e. The molecule has 0 amide bonds. The molecule has 1 atom stereocenters. The lowest BCUT2D eigenvalue weighted by Crippen LogP contribution is -2.22. The minimum atomic E-state index is -0.998. The van der Waals surface area contributed by atoms with Crippen LogP contribution in [0, 0.1) is 0 Å². The maximum Gasteiger partial charge on any atom is 0.344 e. The lowest BCUT2D eigenvalue weighted by Gasteiger charge is -2.12. The standard InChI is InChI=1S/C15H13BrClNO3/c1-9(15(19)20)21-12-5-3-11(4-6-12)18-14-7-2-10(17)8-13(14)16/h2-9,18H,1H3,(H,19,20). The van der Waals surface area contributed by atoms with Crippen LogP contribution in [0.3, 0.4) is 0 Å². The fraction of sp³-hybridized carbons (Fsp3) is 0.133. The molecule has 0 heterocycles. The summed E-state index contributed by atoms with van der Waals surface area (Å²) in [7, 11) is 0. The van der Waals surface area contributed by atoms with Gasteiger partial charge in [-0.05, 0) is 65.3 Å². The number of anilines is 2. The van der Waals surface area contributed by atoms with Crippen molar-refractivity contribution < 1.29 is 14.6 Å². The summed E-state index contributed by atoms with van der Waals surface area (Å²) >= 11 is 9.32. The molecule has 0 saturated heterocycles. The van der Waals surface area contributed by atoms with Crippen LogP contribution in [0.25, 0.3) is 0 Å². The molecule has 4 nitrogen and oxygen atoms in total. The molecule has 6 heteroatoms. The molecule has 21 heavy (non-hydrogen) atoms. The molecule has 0 radical (unpaired) electrons. The van der Waals surface area contributed by atoms with Gasteiger partial charge >= 0.3 is 5.97 Å². The summed E-state index contributed by atoms with van der Waals surface area (Å²) in [5, 5.41) is 12.7. The van der Waals surface area contributed by atoms with Crippen LogP contribution in [0.5, 0.6) is 5.75 Å². The lowest BCUT2D eigenvalue weighted by atomic mass is 10.2. The summed E-state index contributed by atoms with van der Waals surface area (Å²) in [6.07, 6.45) is -0.880. The van der Waals surface area contributed by atoms with Gasteiger partial charge in [-0.15, -0.1) is 0 Å². The molecule has 0 spiro atoms. The van der Waals surface area contributed by atoms with Crippen molar-refractivity contribution in [2.24, 2.45) is 0 Å². The van der Waals surface area contributed by atoms with Crippen molar-refractivity contribution >= 4 is 44.9 Å². The van der Waals surface area contributed by atoms with Gasteiger partial charge in [0, 0.05) is 15.2 Å². The monoisotopic (exact) mass is 369 g/mol. The van der Waals surface area contributed by atoms with E-state index < -0.39 is 12.1 Å². The number of rotatable bonds is 5. The van der Waals surface area contributed by atoms with E-state index in [1.54, 1.807) is 24.3 Å². The predicted octanol–water partition coefficient (Wildman–Crippen LogP) is 4.70. The van der Waals surface area contributed by atoms with Crippen LogP contribution in [-0.2, 0) is 4.79 Å². The summed E-state index contributed by atoms with van der Waals surface area (Å²) < 4.78 is 6.12. The summed E-state index contributed by atoms with van der Waals surface area (Å²) in [4.78, 5) is 10.7. The van der Waals surface area contributed by atoms with E-state index >= 15 is 0 Å². The molecule has 0 aliphatic carbocycles. The van der Waals surface area contributed by atoms with Crippen LogP contribution < -0.4 is 10.1 Å². The van der Waals surface area contributed by atoms with E-state index in [4.69, 9.17) is 21.4 Å². The second-order valence-electron chi connectivity index (χ2n) is 4.37. The molecule has 2 N–H and O–H groups in total. The average molecular weight is 371 g/mol. The van der Waals surface area contributed by atoms with Crippen LogP contribution in [0.4, 0.5) is 11.4 Å². The Balaban J connectivity index is 2.07. The Bertz CT molecular complexity index is 646. The normalized spacial score (nSPS) is 11.8. The first-order valence-electron chi connectivity index (χ1n) is 6.17. The lowest BCUT2D eigenvalue weighted by molar-refractivity contribution is -0.144. The highest BCUT2D eigenvalue weighted by molar-refractivity contribution is 9.10. The van der Waals surface area contributed by atoms with Crippen molar-refractivity contribution in [1.82, 2.24) is 0 Å². The molecule has 2 aromatic carbocycles. The van der Waals surface area contributed by atoms with Crippen molar-refractivity contribution in [3.63, 3.8) is 0 Å². The fourth-order valence-electron chi connectivity index (χ4n) is 1.62. The van der Waals surface area contributed by atoms with E-state index in [2.05, 4.69) is 21.2 Å². The Morgan fingerprint density at radius 2 is 1.95 bits per heavy atom. The van der Waals surface area contributed by atoms with Crippen LogP contribution >= 0.6 is 27.5 Å². The molecule has 0 fully saturated rings.